The predicted octanol–water partition coefficient (Wildman–Crippen LogP) is 2.80. The average Bonchev–Trinajstić information content (AvgIpc) is 2.90. The zero-order chi connectivity index (χ0) is 15.5. The Bertz CT molecular complexity index is 699. The summed E-state index contributed by atoms with van der Waals surface area (Å²) < 4.78 is 27.2. The molecule has 2 N–H and O–H groups in total. The molecule has 0 amide bonds. The maximum Gasteiger partial charge on any atom is 0.240 e. The summed E-state index contributed by atoms with van der Waals surface area (Å²) in [6.45, 7) is 1.60. The number of thiophene rings is 1. The van der Waals surface area contributed by atoms with Gasteiger partial charge in [-0.25, -0.2) is 13.1 Å². The van der Waals surface area contributed by atoms with Crippen molar-refractivity contribution in [2.45, 2.75) is 30.9 Å². The first-order valence-corrected chi connectivity index (χ1v) is 9.10. The quantitative estimate of drug-likeness (QED) is 0.846. The van der Waals surface area contributed by atoms with Gasteiger partial charge < -0.3 is 5.11 Å². The second-order valence-corrected chi connectivity index (χ2v) is 7.87. The Labute approximate surface area is 133 Å². The lowest BCUT2D eigenvalue weighted by atomic mass is 10.2. The van der Waals surface area contributed by atoms with E-state index in [-0.39, 0.29) is 22.6 Å². The fourth-order valence-corrected chi connectivity index (χ4v) is 4.34. The van der Waals surface area contributed by atoms with Crippen LogP contribution >= 0.6 is 22.9 Å². The van der Waals surface area contributed by atoms with Crippen LogP contribution in [0.2, 0.25) is 5.02 Å². The number of hydrogen-bond acceptors (Lipinski definition) is 4. The van der Waals surface area contributed by atoms with E-state index in [1.165, 1.54) is 18.2 Å². The van der Waals surface area contributed by atoms with Gasteiger partial charge in [-0.15, -0.1) is 11.3 Å². The predicted molar refractivity (Wildman–Crippen MR) is 85.2 cm³/mol. The van der Waals surface area contributed by atoms with Gasteiger partial charge in [0.05, 0.1) is 11.5 Å². The summed E-state index contributed by atoms with van der Waals surface area (Å²) in [6.07, 6.45) is 0.638. The lowest BCUT2D eigenvalue weighted by Crippen LogP contribution is -2.33. The molecule has 21 heavy (non-hydrogen) atoms. The Morgan fingerprint density at radius 1 is 1.38 bits per heavy atom. The molecule has 0 spiro atoms. The Morgan fingerprint density at radius 2 is 2.14 bits per heavy atom. The van der Waals surface area contributed by atoms with Crippen molar-refractivity contribution < 1.29 is 13.5 Å². The van der Waals surface area contributed by atoms with E-state index in [1.807, 2.05) is 24.4 Å². The van der Waals surface area contributed by atoms with E-state index in [1.54, 1.807) is 11.3 Å². The number of aliphatic hydroxyl groups is 1. The van der Waals surface area contributed by atoms with Crippen molar-refractivity contribution in [2.75, 3.05) is 0 Å². The average molecular weight is 346 g/mol. The molecule has 0 saturated carbocycles. The highest BCUT2D eigenvalue weighted by molar-refractivity contribution is 7.89. The van der Waals surface area contributed by atoms with Crippen LogP contribution in [0.25, 0.3) is 0 Å². The van der Waals surface area contributed by atoms with Crippen LogP contribution in [0.15, 0.2) is 40.6 Å². The minimum absolute atomic E-state index is 0.0997. The fraction of sp³-hybridized carbons (Fsp3) is 0.286. The second kappa shape index (κ2) is 6.89. The second-order valence-electron chi connectivity index (χ2n) is 4.72. The fourth-order valence-electron chi connectivity index (χ4n) is 1.93. The minimum atomic E-state index is -3.62. The summed E-state index contributed by atoms with van der Waals surface area (Å²) >= 11 is 7.53. The molecule has 0 aliphatic heterocycles. The Balaban J connectivity index is 2.12. The molecular weight excluding hydrogens is 330 g/mol. The maximum atomic E-state index is 12.3. The van der Waals surface area contributed by atoms with Crippen LogP contribution in [-0.4, -0.2) is 19.6 Å². The van der Waals surface area contributed by atoms with Crippen molar-refractivity contribution in [3.63, 3.8) is 0 Å². The van der Waals surface area contributed by atoms with Crippen molar-refractivity contribution in [3.8, 4) is 0 Å². The van der Waals surface area contributed by atoms with E-state index < -0.39 is 10.0 Å². The Kier molecular flexibility index (Phi) is 5.40. The van der Waals surface area contributed by atoms with Crippen LogP contribution < -0.4 is 4.72 Å². The number of rotatable bonds is 6. The molecule has 2 aromatic rings. The maximum absolute atomic E-state index is 12.3. The molecular formula is C14H16ClNO3S2. The third-order valence-electron chi connectivity index (χ3n) is 2.95. The van der Waals surface area contributed by atoms with E-state index in [0.29, 0.717) is 12.0 Å². The van der Waals surface area contributed by atoms with Crippen LogP contribution in [0.5, 0.6) is 0 Å². The van der Waals surface area contributed by atoms with Crippen LogP contribution in [0.3, 0.4) is 0 Å². The molecule has 114 valence electrons. The van der Waals surface area contributed by atoms with Gasteiger partial charge in [-0.2, -0.15) is 0 Å². The highest BCUT2D eigenvalue weighted by Crippen LogP contribution is 2.21. The number of benzene rings is 1. The van der Waals surface area contributed by atoms with E-state index in [2.05, 4.69) is 4.72 Å². The summed E-state index contributed by atoms with van der Waals surface area (Å²) in [5, 5.41) is 11.3. The van der Waals surface area contributed by atoms with Gasteiger partial charge in [0.15, 0.2) is 0 Å². The van der Waals surface area contributed by atoms with Crippen LogP contribution in [0, 0.1) is 0 Å². The molecule has 1 aromatic heterocycles. The highest BCUT2D eigenvalue weighted by atomic mass is 35.5. The van der Waals surface area contributed by atoms with Crippen LogP contribution in [-0.2, 0) is 23.1 Å². The highest BCUT2D eigenvalue weighted by Gasteiger charge is 2.19. The summed E-state index contributed by atoms with van der Waals surface area (Å²) in [5.74, 6) is 0. The third-order valence-corrected chi connectivity index (χ3v) is 5.79. The van der Waals surface area contributed by atoms with Crippen molar-refractivity contribution in [1.82, 2.24) is 4.72 Å². The van der Waals surface area contributed by atoms with Crippen LogP contribution in [0.4, 0.5) is 0 Å². The number of sulfonamides is 1. The van der Waals surface area contributed by atoms with Gasteiger partial charge in [0.2, 0.25) is 10.0 Å². The first kappa shape index (κ1) is 16.5. The molecule has 1 unspecified atom stereocenters. The zero-order valence-electron chi connectivity index (χ0n) is 11.4. The van der Waals surface area contributed by atoms with Gasteiger partial charge in [-0.1, -0.05) is 23.7 Å². The normalized spacial score (nSPS) is 13.3. The lowest BCUT2D eigenvalue weighted by molar-refractivity contribution is 0.282. The summed E-state index contributed by atoms with van der Waals surface area (Å²) in [7, 11) is -3.62. The molecule has 0 fully saturated rings. The summed E-state index contributed by atoms with van der Waals surface area (Å²) in [5.41, 5.74) is 0.502. The molecule has 0 saturated heterocycles. The molecule has 1 atom stereocenters. The van der Waals surface area contributed by atoms with Gasteiger partial charge in [0.25, 0.3) is 0 Å². The van der Waals surface area contributed by atoms with Crippen molar-refractivity contribution in [2.24, 2.45) is 0 Å². The summed E-state index contributed by atoms with van der Waals surface area (Å²) in [6, 6.07) is 8.01. The third kappa shape index (κ3) is 4.28. The van der Waals surface area contributed by atoms with E-state index in [4.69, 9.17) is 16.7 Å². The molecule has 0 aliphatic carbocycles. The minimum Gasteiger partial charge on any atom is -0.392 e. The Hall–Kier alpha value is -0.920. The first-order chi connectivity index (χ1) is 9.92. The molecule has 2 rings (SSSR count). The standard InChI is InChI=1S/C14H16ClNO3S2/c1-10(7-12-3-2-6-20-12)16-21(18,19)13-5-4-11(9-17)14(15)8-13/h2-6,8,10,16-17H,7,9H2,1H3. The molecule has 0 aliphatic rings. The topological polar surface area (TPSA) is 66.4 Å². The van der Waals surface area contributed by atoms with Gasteiger partial charge in [-0.3, -0.25) is 0 Å². The molecule has 1 aromatic carbocycles. The number of halogens is 1. The molecule has 0 radical (unpaired) electrons. The first-order valence-electron chi connectivity index (χ1n) is 6.36. The monoisotopic (exact) mass is 345 g/mol. The van der Waals surface area contributed by atoms with Crippen molar-refractivity contribution >= 4 is 33.0 Å². The van der Waals surface area contributed by atoms with Crippen molar-refractivity contribution in [1.29, 1.82) is 0 Å². The largest absolute Gasteiger partial charge is 0.392 e. The number of nitrogens with one attached hydrogen (secondary N) is 1. The van der Waals surface area contributed by atoms with Gasteiger partial charge in [0, 0.05) is 15.9 Å². The Morgan fingerprint density at radius 3 is 2.71 bits per heavy atom. The molecule has 7 heteroatoms. The smallest absolute Gasteiger partial charge is 0.240 e. The SMILES string of the molecule is CC(Cc1cccs1)NS(=O)(=O)c1ccc(CO)c(Cl)c1. The van der Waals surface area contributed by atoms with E-state index in [0.717, 1.165) is 4.88 Å². The van der Waals surface area contributed by atoms with Gasteiger partial charge in [0.1, 0.15) is 0 Å². The van der Waals surface area contributed by atoms with Crippen LogP contribution in [0.1, 0.15) is 17.4 Å². The number of aliphatic hydroxyl groups excluding tert-OH is 1. The molecule has 1 heterocycles. The molecule has 4 nitrogen and oxygen atoms in total. The van der Waals surface area contributed by atoms with E-state index >= 15 is 0 Å². The summed E-state index contributed by atoms with van der Waals surface area (Å²) in [4.78, 5) is 1.22. The zero-order valence-corrected chi connectivity index (χ0v) is 13.8. The van der Waals surface area contributed by atoms with Gasteiger partial charge >= 0.3 is 0 Å². The lowest BCUT2D eigenvalue weighted by Gasteiger charge is -2.14. The molecule has 0 bridgehead atoms. The van der Waals surface area contributed by atoms with E-state index in [9.17, 15) is 8.42 Å². The van der Waals surface area contributed by atoms with Gasteiger partial charge in [-0.05, 0) is 42.5 Å². The van der Waals surface area contributed by atoms with Crippen molar-refractivity contribution in [3.05, 3.63) is 51.2 Å². The number of hydrogen-bond donors (Lipinski definition) is 2.